The van der Waals surface area contributed by atoms with Crippen LogP contribution in [0.3, 0.4) is 0 Å². The van der Waals surface area contributed by atoms with E-state index in [2.05, 4.69) is 4.72 Å². The third-order valence-corrected chi connectivity index (χ3v) is 2.59. The highest BCUT2D eigenvalue weighted by Gasteiger charge is 2.08. The first kappa shape index (κ1) is 17.2. The Labute approximate surface area is 93.5 Å². The summed E-state index contributed by atoms with van der Waals surface area (Å²) in [5.74, 6) is -3.64. The van der Waals surface area contributed by atoms with E-state index in [0.29, 0.717) is 0 Å². The van der Waals surface area contributed by atoms with Crippen molar-refractivity contribution in [3.63, 3.8) is 0 Å². The molecular formula is C7H16N2O6S. The molecule has 0 radical (unpaired) electrons. The van der Waals surface area contributed by atoms with Crippen molar-refractivity contribution in [3.8, 4) is 0 Å². The molecule has 8 nitrogen and oxygen atoms in total. The maximum atomic E-state index is 10.8. The number of hydrogen-bond acceptors (Lipinski definition) is 5. The zero-order chi connectivity index (χ0) is 13.4. The molecule has 0 bridgehead atoms. The first-order valence-corrected chi connectivity index (χ1v) is 5.94. The van der Waals surface area contributed by atoms with E-state index in [0.717, 1.165) is 0 Å². The van der Waals surface area contributed by atoms with Gasteiger partial charge in [-0.05, 0) is 13.8 Å². The van der Waals surface area contributed by atoms with Gasteiger partial charge in [-0.25, -0.2) is 22.7 Å². The molecule has 0 amide bonds. The molecule has 0 aliphatic heterocycles. The molecule has 16 heavy (non-hydrogen) atoms. The lowest BCUT2D eigenvalue weighted by atomic mass is 10.4. The van der Waals surface area contributed by atoms with Crippen LogP contribution < -0.4 is 10.5 Å². The number of nitrogens with two attached hydrogens (primary N) is 1. The molecule has 0 atom stereocenters. The van der Waals surface area contributed by atoms with Gasteiger partial charge in [-0.15, -0.1) is 0 Å². The zero-order valence-electron chi connectivity index (χ0n) is 9.00. The van der Waals surface area contributed by atoms with Gasteiger partial charge in [-0.2, -0.15) is 0 Å². The molecule has 5 N–H and O–H groups in total. The summed E-state index contributed by atoms with van der Waals surface area (Å²) in [6.07, 6.45) is 0. The highest BCUT2D eigenvalue weighted by Crippen LogP contribution is 1.85. The Morgan fingerprint density at radius 2 is 1.62 bits per heavy atom. The van der Waals surface area contributed by atoms with Gasteiger partial charge in [0.15, 0.2) is 0 Å². The molecule has 0 aliphatic carbocycles. The summed E-state index contributed by atoms with van der Waals surface area (Å²) in [5.41, 5.74) is 5.07. The second-order valence-corrected chi connectivity index (χ2v) is 4.86. The fourth-order valence-electron chi connectivity index (χ4n) is 0.573. The van der Waals surface area contributed by atoms with Crippen LogP contribution in [0.25, 0.3) is 0 Å². The molecule has 0 aliphatic rings. The Kier molecular flexibility index (Phi) is 8.63. The van der Waals surface area contributed by atoms with Gasteiger partial charge in [0, 0.05) is 12.6 Å². The summed E-state index contributed by atoms with van der Waals surface area (Å²) in [7, 11) is -3.11. The minimum absolute atomic E-state index is 0.00514. The van der Waals surface area contributed by atoms with Crippen LogP contribution in [0.2, 0.25) is 0 Å². The van der Waals surface area contributed by atoms with Crippen molar-refractivity contribution in [2.75, 3.05) is 12.3 Å². The summed E-state index contributed by atoms with van der Waals surface area (Å²) < 4.78 is 24.1. The number of hydrogen-bond donors (Lipinski definition) is 4. The first-order chi connectivity index (χ1) is 7.12. The van der Waals surface area contributed by atoms with Crippen LogP contribution in [0.1, 0.15) is 13.8 Å². The highest BCUT2D eigenvalue weighted by molar-refractivity contribution is 7.89. The topological polar surface area (TPSA) is 147 Å². The minimum atomic E-state index is -3.11. The third-order valence-electron chi connectivity index (χ3n) is 0.985. The summed E-state index contributed by atoms with van der Waals surface area (Å²) in [5, 5.41) is 14.8. The van der Waals surface area contributed by atoms with Crippen molar-refractivity contribution in [1.29, 1.82) is 0 Å². The Morgan fingerprint density at radius 3 is 1.81 bits per heavy atom. The Hall–Kier alpha value is -1.19. The molecule has 0 saturated heterocycles. The number of rotatable bonds is 4. The standard InChI is InChI=1S/C5H14N2O2S.C2H2O4/c1-5(2)7-10(8,9)4-3-6;3-1(4)2(5)6/h5,7H,3-4,6H2,1-2H3;(H,3,4)(H,5,6). The van der Waals surface area contributed by atoms with Crippen LogP contribution in [0.15, 0.2) is 0 Å². The van der Waals surface area contributed by atoms with Gasteiger partial charge in [0.2, 0.25) is 10.0 Å². The van der Waals surface area contributed by atoms with Crippen LogP contribution in [-0.2, 0) is 19.6 Å². The number of nitrogens with one attached hydrogen (secondary N) is 1. The van der Waals surface area contributed by atoms with Crippen LogP contribution in [0.5, 0.6) is 0 Å². The van der Waals surface area contributed by atoms with Crippen molar-refractivity contribution < 1.29 is 28.2 Å². The Bertz CT molecular complexity index is 312. The smallest absolute Gasteiger partial charge is 0.414 e. The number of sulfonamides is 1. The monoisotopic (exact) mass is 256 g/mol. The quantitative estimate of drug-likeness (QED) is 0.444. The molecule has 0 aromatic rings. The molecular weight excluding hydrogens is 240 g/mol. The molecule has 0 saturated carbocycles. The maximum Gasteiger partial charge on any atom is 0.414 e. The van der Waals surface area contributed by atoms with Gasteiger partial charge in [0.25, 0.3) is 0 Å². The van der Waals surface area contributed by atoms with E-state index in [9.17, 15) is 8.42 Å². The van der Waals surface area contributed by atoms with Crippen molar-refractivity contribution in [3.05, 3.63) is 0 Å². The van der Waals surface area contributed by atoms with Crippen LogP contribution in [-0.4, -0.2) is 48.9 Å². The molecule has 0 aromatic heterocycles. The molecule has 0 unspecified atom stereocenters. The van der Waals surface area contributed by atoms with Gasteiger partial charge in [-0.3, -0.25) is 0 Å². The molecule has 0 fully saturated rings. The van der Waals surface area contributed by atoms with Gasteiger partial charge in [-0.1, -0.05) is 0 Å². The molecule has 0 heterocycles. The molecule has 0 aromatic carbocycles. The van der Waals surface area contributed by atoms with E-state index in [1.165, 1.54) is 0 Å². The van der Waals surface area contributed by atoms with Crippen LogP contribution >= 0.6 is 0 Å². The van der Waals surface area contributed by atoms with E-state index in [4.69, 9.17) is 25.5 Å². The van der Waals surface area contributed by atoms with E-state index in [-0.39, 0.29) is 18.3 Å². The first-order valence-electron chi connectivity index (χ1n) is 4.28. The van der Waals surface area contributed by atoms with Crippen LogP contribution in [0, 0.1) is 0 Å². The second kappa shape index (κ2) is 8.02. The third kappa shape index (κ3) is 12.8. The minimum Gasteiger partial charge on any atom is -0.473 e. The normalized spacial score (nSPS) is 10.5. The van der Waals surface area contributed by atoms with Gasteiger partial charge >= 0.3 is 11.9 Å². The molecule has 0 spiro atoms. The molecule has 0 rings (SSSR count). The predicted molar refractivity (Wildman–Crippen MR) is 56.4 cm³/mol. The maximum absolute atomic E-state index is 10.8. The largest absolute Gasteiger partial charge is 0.473 e. The SMILES string of the molecule is CC(C)NS(=O)(=O)CCN.O=C(O)C(=O)O. The number of carbonyl (C=O) groups is 2. The lowest BCUT2D eigenvalue weighted by Gasteiger charge is -2.07. The van der Waals surface area contributed by atoms with Crippen molar-refractivity contribution in [2.45, 2.75) is 19.9 Å². The average Bonchev–Trinajstić information content (AvgIpc) is 2.01. The van der Waals surface area contributed by atoms with E-state index in [1.54, 1.807) is 13.8 Å². The summed E-state index contributed by atoms with van der Waals surface area (Å²) in [4.78, 5) is 18.2. The van der Waals surface area contributed by atoms with Crippen molar-refractivity contribution in [1.82, 2.24) is 4.72 Å². The van der Waals surface area contributed by atoms with Gasteiger partial charge in [0.05, 0.1) is 5.75 Å². The zero-order valence-corrected chi connectivity index (χ0v) is 9.82. The fourth-order valence-corrected chi connectivity index (χ4v) is 1.72. The predicted octanol–water partition coefficient (Wildman–Crippen LogP) is -1.57. The van der Waals surface area contributed by atoms with E-state index < -0.39 is 22.0 Å². The summed E-state index contributed by atoms with van der Waals surface area (Å²) >= 11 is 0. The van der Waals surface area contributed by atoms with Crippen molar-refractivity contribution in [2.24, 2.45) is 5.73 Å². The second-order valence-electron chi connectivity index (χ2n) is 2.99. The van der Waals surface area contributed by atoms with E-state index >= 15 is 0 Å². The lowest BCUT2D eigenvalue weighted by Crippen LogP contribution is -2.34. The van der Waals surface area contributed by atoms with Crippen molar-refractivity contribution >= 4 is 22.0 Å². The Morgan fingerprint density at radius 1 is 1.25 bits per heavy atom. The Balaban J connectivity index is 0. The summed E-state index contributed by atoms with van der Waals surface area (Å²) in [6.45, 7) is 3.71. The number of carboxylic acids is 2. The molecule has 96 valence electrons. The van der Waals surface area contributed by atoms with Crippen LogP contribution in [0.4, 0.5) is 0 Å². The number of aliphatic carboxylic acids is 2. The average molecular weight is 256 g/mol. The van der Waals surface area contributed by atoms with Gasteiger partial charge in [0.1, 0.15) is 0 Å². The lowest BCUT2D eigenvalue weighted by molar-refractivity contribution is -0.159. The fraction of sp³-hybridized carbons (Fsp3) is 0.714. The molecule has 9 heteroatoms. The summed E-state index contributed by atoms with van der Waals surface area (Å²) in [6, 6.07) is -0.0449. The van der Waals surface area contributed by atoms with Gasteiger partial charge < -0.3 is 15.9 Å². The number of carboxylic acid groups (broad SMARTS) is 2. The van der Waals surface area contributed by atoms with E-state index in [1.807, 2.05) is 0 Å². The highest BCUT2D eigenvalue weighted by atomic mass is 32.2.